The lowest BCUT2D eigenvalue weighted by atomic mass is 9.88. The van der Waals surface area contributed by atoms with Crippen LogP contribution in [0.3, 0.4) is 0 Å². The molecule has 1 fully saturated rings. The molecular weight excluding hydrogens is 538 g/mol. The molecule has 2 aliphatic rings. The number of aromatic nitrogens is 2. The monoisotopic (exact) mass is 569 g/mol. The number of pyridine rings is 1. The molecule has 0 spiro atoms. The van der Waals surface area contributed by atoms with Gasteiger partial charge in [-0.2, -0.15) is 0 Å². The van der Waals surface area contributed by atoms with Gasteiger partial charge in [0.25, 0.3) is 5.91 Å². The van der Waals surface area contributed by atoms with Crippen molar-refractivity contribution in [1.29, 1.82) is 0 Å². The molecule has 0 unspecified atom stereocenters. The number of rotatable bonds is 3. The van der Waals surface area contributed by atoms with Gasteiger partial charge in [-0.25, -0.2) is 4.98 Å². The summed E-state index contributed by atoms with van der Waals surface area (Å²) in [7, 11) is 0. The van der Waals surface area contributed by atoms with Gasteiger partial charge in [0.05, 0.1) is 34.7 Å². The Balaban J connectivity index is 1.20. The van der Waals surface area contributed by atoms with Gasteiger partial charge >= 0.3 is 0 Å². The number of nitrogens with zero attached hydrogens (tertiary/aromatic N) is 4. The number of likely N-dealkylation sites (tertiary alicyclic amines) is 1. The maximum Gasteiger partial charge on any atom is 0.253 e. The van der Waals surface area contributed by atoms with Gasteiger partial charge in [0.2, 0.25) is 11.8 Å². The fourth-order valence-electron chi connectivity index (χ4n) is 5.61. The summed E-state index contributed by atoms with van der Waals surface area (Å²) < 4.78 is 7.03. The third-order valence-electron chi connectivity index (χ3n) is 7.76. The van der Waals surface area contributed by atoms with Gasteiger partial charge < -0.3 is 19.9 Å². The summed E-state index contributed by atoms with van der Waals surface area (Å²) in [5, 5.41) is 3.07. The molecule has 4 heterocycles. The van der Waals surface area contributed by atoms with E-state index in [1.165, 1.54) is 11.3 Å². The van der Waals surface area contributed by atoms with Gasteiger partial charge in [-0.1, -0.05) is 18.2 Å². The zero-order valence-corrected chi connectivity index (χ0v) is 23.4. The molecule has 1 saturated heterocycles. The molecular formula is C31H31N5O4S. The van der Waals surface area contributed by atoms with Crippen LogP contribution in [0.25, 0.3) is 10.2 Å². The van der Waals surface area contributed by atoms with Gasteiger partial charge in [-0.15, -0.1) is 11.3 Å². The van der Waals surface area contributed by atoms with Crippen molar-refractivity contribution in [2.45, 2.75) is 18.8 Å². The fourth-order valence-corrected chi connectivity index (χ4v) is 6.33. The first-order valence-electron chi connectivity index (χ1n) is 13.8. The minimum atomic E-state index is -0.413. The van der Waals surface area contributed by atoms with Crippen LogP contribution in [0, 0.1) is 5.92 Å². The van der Waals surface area contributed by atoms with Crippen molar-refractivity contribution in [1.82, 2.24) is 25.1 Å². The van der Waals surface area contributed by atoms with Gasteiger partial charge in [0.15, 0.2) is 0 Å². The van der Waals surface area contributed by atoms with Crippen molar-refractivity contribution in [3.8, 4) is 5.75 Å². The quantitative estimate of drug-likeness (QED) is 0.405. The van der Waals surface area contributed by atoms with E-state index in [-0.39, 0.29) is 30.1 Å². The van der Waals surface area contributed by atoms with Crippen LogP contribution >= 0.6 is 11.3 Å². The minimum Gasteiger partial charge on any atom is -0.494 e. The van der Waals surface area contributed by atoms with Crippen molar-refractivity contribution in [2.75, 3.05) is 39.3 Å². The van der Waals surface area contributed by atoms with Crippen LogP contribution in [0.5, 0.6) is 5.75 Å². The molecule has 10 heteroatoms. The molecule has 2 aromatic carbocycles. The van der Waals surface area contributed by atoms with Crippen molar-refractivity contribution >= 4 is 39.3 Å². The predicted molar refractivity (Wildman–Crippen MR) is 156 cm³/mol. The molecule has 2 atom stereocenters. The molecule has 4 aromatic rings. The average Bonchev–Trinajstić information content (AvgIpc) is 3.66. The number of ether oxygens (including phenoxy) is 1. The van der Waals surface area contributed by atoms with E-state index in [0.29, 0.717) is 57.1 Å². The molecule has 3 amide bonds. The molecule has 0 radical (unpaired) electrons. The molecule has 2 aliphatic heterocycles. The summed E-state index contributed by atoms with van der Waals surface area (Å²) >= 11 is 1.50. The van der Waals surface area contributed by atoms with E-state index < -0.39 is 5.92 Å². The van der Waals surface area contributed by atoms with Gasteiger partial charge in [0.1, 0.15) is 5.75 Å². The topological polar surface area (TPSA) is 105 Å². The smallest absolute Gasteiger partial charge is 0.253 e. The van der Waals surface area contributed by atoms with Crippen LogP contribution in [0.15, 0.2) is 72.5 Å². The molecule has 0 aliphatic carbocycles. The second kappa shape index (κ2) is 12.1. The van der Waals surface area contributed by atoms with E-state index in [2.05, 4.69) is 15.3 Å². The summed E-state index contributed by atoms with van der Waals surface area (Å²) in [5.41, 5.74) is 5.06. The van der Waals surface area contributed by atoms with Gasteiger partial charge in [-0.3, -0.25) is 19.4 Å². The maximum atomic E-state index is 13.6. The molecule has 6 rings (SSSR count). The van der Waals surface area contributed by atoms with Crippen LogP contribution in [0.2, 0.25) is 0 Å². The first-order chi connectivity index (χ1) is 20.0. The van der Waals surface area contributed by atoms with E-state index in [1.807, 2.05) is 48.5 Å². The lowest BCUT2D eigenvalue weighted by Gasteiger charge is -2.25. The molecule has 2 aromatic heterocycles. The maximum absolute atomic E-state index is 13.6. The Morgan fingerprint density at radius 1 is 1.02 bits per heavy atom. The highest BCUT2D eigenvalue weighted by Gasteiger charge is 2.40. The Bertz CT molecular complexity index is 1560. The zero-order valence-electron chi connectivity index (χ0n) is 22.6. The fraction of sp³-hybridized carbons (Fsp3) is 0.323. The van der Waals surface area contributed by atoms with Crippen molar-refractivity contribution in [3.63, 3.8) is 0 Å². The number of benzene rings is 2. The number of amides is 3. The Morgan fingerprint density at radius 3 is 2.80 bits per heavy atom. The minimum absolute atomic E-state index is 0.0293. The number of carbonyl (C=O) groups is 3. The standard InChI is InChI=1S/C31H31N5O4S/c37-29(14-21-4-2-9-32-17-21)36-18-25-22-5-1-6-24(15-22)40-13-3-11-35(12-10-33-30(38)26(25)19-36)31(39)23-7-8-27-28(16-23)41-20-34-27/h1-2,4-9,15-17,20,25-26H,3,10-14,18-19H2,(H,33,38)/t25-,26+/m1/s1. The van der Waals surface area contributed by atoms with Crippen molar-refractivity contribution in [2.24, 2.45) is 5.92 Å². The number of hydrogen-bond donors (Lipinski definition) is 1. The predicted octanol–water partition coefficient (Wildman–Crippen LogP) is 3.52. The molecule has 2 bridgehead atoms. The first-order valence-corrected chi connectivity index (χ1v) is 14.7. The zero-order chi connectivity index (χ0) is 28.2. The van der Waals surface area contributed by atoms with E-state index in [4.69, 9.17) is 4.74 Å². The number of nitrogens with one attached hydrogen (secondary N) is 1. The van der Waals surface area contributed by atoms with Crippen LogP contribution in [-0.4, -0.2) is 76.8 Å². The van der Waals surface area contributed by atoms with E-state index in [0.717, 1.165) is 21.3 Å². The van der Waals surface area contributed by atoms with Crippen molar-refractivity contribution in [3.05, 3.63) is 89.2 Å². The highest BCUT2D eigenvalue weighted by atomic mass is 32.1. The highest BCUT2D eigenvalue weighted by Crippen LogP contribution is 2.35. The summed E-state index contributed by atoms with van der Waals surface area (Å²) in [6.45, 7) is 2.43. The second-order valence-electron chi connectivity index (χ2n) is 10.4. The average molecular weight is 570 g/mol. The Hall–Kier alpha value is -4.31. The molecule has 1 N–H and O–H groups in total. The summed E-state index contributed by atoms with van der Waals surface area (Å²) in [6.07, 6.45) is 4.26. The van der Waals surface area contributed by atoms with E-state index >= 15 is 0 Å². The molecule has 9 nitrogen and oxygen atoms in total. The Morgan fingerprint density at radius 2 is 1.93 bits per heavy atom. The number of fused-ring (bicyclic) bond motifs is 5. The second-order valence-corrected chi connectivity index (χ2v) is 11.3. The SMILES string of the molecule is O=C1NCCN(C(=O)c2ccc3ncsc3c2)CCCOc2cccc(c2)[C@H]2CN(C(=O)Cc3cccnc3)C[C@H]12. The largest absolute Gasteiger partial charge is 0.494 e. The third-order valence-corrected chi connectivity index (χ3v) is 8.55. The van der Waals surface area contributed by atoms with E-state index in [1.54, 1.807) is 33.8 Å². The Labute approximate surface area is 242 Å². The molecule has 0 saturated carbocycles. The number of carbonyl (C=O) groups excluding carboxylic acids is 3. The lowest BCUT2D eigenvalue weighted by molar-refractivity contribution is -0.130. The van der Waals surface area contributed by atoms with Crippen molar-refractivity contribution < 1.29 is 19.1 Å². The van der Waals surface area contributed by atoms with Crippen LogP contribution in [0.1, 0.15) is 33.8 Å². The lowest BCUT2D eigenvalue weighted by Crippen LogP contribution is -2.42. The van der Waals surface area contributed by atoms with Crippen LogP contribution < -0.4 is 10.1 Å². The van der Waals surface area contributed by atoms with E-state index in [9.17, 15) is 14.4 Å². The number of hydrogen-bond acceptors (Lipinski definition) is 7. The first kappa shape index (κ1) is 26.9. The van der Waals surface area contributed by atoms with Gasteiger partial charge in [0, 0.05) is 56.6 Å². The molecule has 210 valence electrons. The van der Waals surface area contributed by atoms with Crippen LogP contribution in [0.4, 0.5) is 0 Å². The summed E-state index contributed by atoms with van der Waals surface area (Å²) in [4.78, 5) is 52.2. The Kier molecular flexibility index (Phi) is 7.91. The summed E-state index contributed by atoms with van der Waals surface area (Å²) in [5.74, 6) is -0.0964. The normalized spacial score (nSPS) is 19.7. The highest BCUT2D eigenvalue weighted by molar-refractivity contribution is 7.16. The van der Waals surface area contributed by atoms with Gasteiger partial charge in [-0.05, 0) is 53.9 Å². The summed E-state index contributed by atoms with van der Waals surface area (Å²) in [6, 6.07) is 17.0. The molecule has 41 heavy (non-hydrogen) atoms. The number of thiazole rings is 1. The van der Waals surface area contributed by atoms with Crippen LogP contribution in [-0.2, 0) is 16.0 Å². The third kappa shape index (κ3) is 6.07.